The van der Waals surface area contributed by atoms with Crippen LogP contribution in [0.3, 0.4) is 0 Å². The molecule has 0 heterocycles. The van der Waals surface area contributed by atoms with Gasteiger partial charge in [-0.3, -0.25) is 4.57 Å². The summed E-state index contributed by atoms with van der Waals surface area (Å²) >= 11 is 0. The van der Waals surface area contributed by atoms with Crippen molar-refractivity contribution in [1.29, 1.82) is 0 Å². The molecule has 0 radical (unpaired) electrons. The molecule has 24 heavy (non-hydrogen) atoms. The van der Waals surface area contributed by atoms with Crippen LogP contribution >= 0.6 is 7.60 Å². The first-order valence-corrected chi connectivity index (χ1v) is 12.2. The van der Waals surface area contributed by atoms with E-state index in [1.807, 2.05) is 0 Å². The van der Waals surface area contributed by atoms with E-state index in [2.05, 4.69) is 27.7 Å². The highest BCUT2D eigenvalue weighted by Crippen LogP contribution is 2.50. The van der Waals surface area contributed by atoms with E-state index < -0.39 is 7.60 Å². The van der Waals surface area contributed by atoms with Gasteiger partial charge in [0, 0.05) is 0 Å². The van der Waals surface area contributed by atoms with Crippen LogP contribution in [0.4, 0.5) is 0 Å². The highest BCUT2D eigenvalue weighted by Gasteiger charge is 2.25. The lowest BCUT2D eigenvalue weighted by molar-refractivity contribution is 0.169. The van der Waals surface area contributed by atoms with E-state index in [1.165, 1.54) is 44.9 Å². The van der Waals surface area contributed by atoms with Gasteiger partial charge in [0.25, 0.3) is 0 Å². The average molecular weight is 363 g/mol. The maximum atomic E-state index is 13.1. The predicted octanol–water partition coefficient (Wildman–Crippen LogP) is 7.59. The van der Waals surface area contributed by atoms with Gasteiger partial charge in [-0.2, -0.15) is 0 Å². The molecule has 0 rings (SSSR count). The van der Waals surface area contributed by atoms with Gasteiger partial charge in [-0.05, 0) is 25.2 Å². The molecule has 0 aromatic carbocycles. The Morgan fingerprint density at radius 1 is 0.750 bits per heavy atom. The molecule has 4 heteroatoms. The van der Waals surface area contributed by atoms with E-state index in [4.69, 9.17) is 9.05 Å². The lowest BCUT2D eigenvalue weighted by atomic mass is 10.0. The molecule has 2 unspecified atom stereocenters. The number of hydrogen-bond donors (Lipinski definition) is 0. The van der Waals surface area contributed by atoms with Crippen LogP contribution in [0.15, 0.2) is 0 Å². The average Bonchev–Trinajstić information content (AvgIpc) is 2.59. The Morgan fingerprint density at radius 3 is 1.96 bits per heavy atom. The minimum atomic E-state index is -2.91. The van der Waals surface area contributed by atoms with E-state index in [-0.39, 0.29) is 0 Å². The van der Waals surface area contributed by atoms with E-state index in [9.17, 15) is 4.57 Å². The largest absolute Gasteiger partial charge is 0.330 e. The molecule has 2 atom stereocenters. The minimum Gasteiger partial charge on any atom is -0.309 e. The zero-order valence-electron chi connectivity index (χ0n) is 16.9. The summed E-state index contributed by atoms with van der Waals surface area (Å²) < 4.78 is 24.7. The summed E-state index contributed by atoms with van der Waals surface area (Å²) in [5, 5.41) is 0. The molecule has 0 aliphatic rings. The molecular formula is C20H43O3P. The molecule has 0 bridgehead atoms. The van der Waals surface area contributed by atoms with Crippen molar-refractivity contribution in [3.8, 4) is 0 Å². The van der Waals surface area contributed by atoms with Crippen molar-refractivity contribution >= 4 is 7.60 Å². The molecule has 0 amide bonds. The third-order valence-corrected chi connectivity index (χ3v) is 6.60. The first-order valence-electron chi connectivity index (χ1n) is 10.5. The Balaban J connectivity index is 4.34. The maximum absolute atomic E-state index is 13.1. The zero-order chi connectivity index (χ0) is 18.1. The second-order valence-electron chi connectivity index (χ2n) is 7.00. The number of unbranched alkanes of at least 4 members (excludes halogenated alkanes) is 7. The van der Waals surface area contributed by atoms with E-state index in [1.54, 1.807) is 0 Å². The van der Waals surface area contributed by atoms with Crippen molar-refractivity contribution in [2.45, 2.75) is 105 Å². The van der Waals surface area contributed by atoms with Crippen LogP contribution < -0.4 is 0 Å². The number of hydrogen-bond acceptors (Lipinski definition) is 3. The van der Waals surface area contributed by atoms with Gasteiger partial charge in [0.1, 0.15) is 0 Å². The third kappa shape index (κ3) is 13.4. The normalized spacial score (nSPS) is 15.3. The fraction of sp³-hybridized carbons (Fsp3) is 1.00. The van der Waals surface area contributed by atoms with Crippen molar-refractivity contribution in [3.63, 3.8) is 0 Å². The van der Waals surface area contributed by atoms with Gasteiger partial charge in [0.05, 0.1) is 19.4 Å². The monoisotopic (exact) mass is 362 g/mol. The van der Waals surface area contributed by atoms with Gasteiger partial charge in [-0.25, -0.2) is 0 Å². The Morgan fingerprint density at radius 2 is 1.38 bits per heavy atom. The third-order valence-electron chi connectivity index (χ3n) is 4.62. The summed E-state index contributed by atoms with van der Waals surface area (Å²) in [5.41, 5.74) is 0. The molecule has 146 valence electrons. The molecular weight excluding hydrogens is 319 g/mol. The quantitative estimate of drug-likeness (QED) is 0.186. The van der Waals surface area contributed by atoms with E-state index in [0.29, 0.717) is 25.3 Å². The lowest BCUT2D eigenvalue weighted by Gasteiger charge is -2.22. The molecule has 0 spiro atoms. The zero-order valence-corrected chi connectivity index (χ0v) is 17.8. The topological polar surface area (TPSA) is 35.5 Å². The van der Waals surface area contributed by atoms with E-state index in [0.717, 1.165) is 32.1 Å². The summed E-state index contributed by atoms with van der Waals surface area (Å²) in [6, 6.07) is 0. The second kappa shape index (κ2) is 16.6. The van der Waals surface area contributed by atoms with Crippen LogP contribution in [0.5, 0.6) is 0 Å². The van der Waals surface area contributed by atoms with Crippen molar-refractivity contribution in [2.75, 3.05) is 19.4 Å². The Kier molecular flexibility index (Phi) is 16.7. The molecule has 0 aromatic heterocycles. The summed E-state index contributed by atoms with van der Waals surface area (Å²) in [4.78, 5) is 0. The fourth-order valence-electron chi connectivity index (χ4n) is 2.75. The van der Waals surface area contributed by atoms with Crippen molar-refractivity contribution < 1.29 is 13.6 Å². The first kappa shape index (κ1) is 24.1. The maximum Gasteiger partial charge on any atom is 0.330 e. The van der Waals surface area contributed by atoms with Crippen molar-refractivity contribution in [2.24, 2.45) is 5.92 Å². The van der Waals surface area contributed by atoms with Gasteiger partial charge >= 0.3 is 7.60 Å². The first-order chi connectivity index (χ1) is 11.6. The lowest BCUT2D eigenvalue weighted by Crippen LogP contribution is -2.11. The number of rotatable bonds is 18. The van der Waals surface area contributed by atoms with Gasteiger partial charge in [0.2, 0.25) is 0 Å². The van der Waals surface area contributed by atoms with Gasteiger partial charge in [-0.15, -0.1) is 0 Å². The molecule has 0 aliphatic heterocycles. The van der Waals surface area contributed by atoms with Crippen LogP contribution in [0.25, 0.3) is 0 Å². The summed E-state index contributed by atoms with van der Waals surface area (Å²) in [7, 11) is -2.91. The molecule has 3 nitrogen and oxygen atoms in total. The minimum absolute atomic E-state index is 0.512. The fourth-order valence-corrected chi connectivity index (χ4v) is 4.54. The SMILES string of the molecule is CCCCCCOP(=O)(CCCCCC)OCC(CC)CCCC. The Hall–Kier alpha value is 0.150. The van der Waals surface area contributed by atoms with Crippen LogP contribution in [-0.2, 0) is 13.6 Å². The van der Waals surface area contributed by atoms with Crippen LogP contribution in [-0.4, -0.2) is 19.4 Å². The van der Waals surface area contributed by atoms with Crippen LogP contribution in [0.1, 0.15) is 105 Å². The molecule has 0 saturated heterocycles. The Labute approximate surface area is 151 Å². The molecule has 0 aliphatic carbocycles. The highest BCUT2D eigenvalue weighted by molar-refractivity contribution is 7.53. The van der Waals surface area contributed by atoms with Crippen LogP contribution in [0.2, 0.25) is 0 Å². The molecule has 0 fully saturated rings. The smallest absolute Gasteiger partial charge is 0.309 e. The van der Waals surface area contributed by atoms with Crippen molar-refractivity contribution in [3.05, 3.63) is 0 Å². The highest BCUT2D eigenvalue weighted by atomic mass is 31.2. The molecule has 0 saturated carbocycles. The van der Waals surface area contributed by atoms with Crippen LogP contribution in [0, 0.1) is 5.92 Å². The van der Waals surface area contributed by atoms with Gasteiger partial charge in [0.15, 0.2) is 0 Å². The van der Waals surface area contributed by atoms with Gasteiger partial charge in [-0.1, -0.05) is 85.5 Å². The Bertz CT molecular complexity index is 307. The summed E-state index contributed by atoms with van der Waals surface area (Å²) in [6.07, 6.45) is 14.3. The summed E-state index contributed by atoms with van der Waals surface area (Å²) in [6.45, 7) is 9.98. The van der Waals surface area contributed by atoms with Gasteiger partial charge < -0.3 is 9.05 Å². The van der Waals surface area contributed by atoms with E-state index >= 15 is 0 Å². The molecule has 0 aromatic rings. The summed E-state index contributed by atoms with van der Waals surface area (Å²) in [5.74, 6) is 0.512. The predicted molar refractivity (Wildman–Crippen MR) is 106 cm³/mol. The second-order valence-corrected chi connectivity index (χ2v) is 9.19. The molecule has 0 N–H and O–H groups in total. The standard InChI is InChI=1S/C20H43O3P/c1-5-9-12-14-17-22-24(21,18-15-13-10-6-2)23-19-20(8-4)16-11-7-3/h20H,5-19H2,1-4H3. The van der Waals surface area contributed by atoms with Crippen molar-refractivity contribution in [1.82, 2.24) is 0 Å².